The minimum atomic E-state index is -0.415. The Bertz CT molecular complexity index is 1330. The molecule has 2 aliphatic heterocycles. The molecule has 0 fully saturated rings. The Morgan fingerprint density at radius 3 is 2.72 bits per heavy atom. The number of aromatic nitrogens is 2. The van der Waals surface area contributed by atoms with Gasteiger partial charge in [0.15, 0.2) is 0 Å². The molecule has 2 aromatic rings. The average molecular weight is 531 g/mol. The molecule has 1 amide bonds. The van der Waals surface area contributed by atoms with Crippen molar-refractivity contribution in [1.82, 2.24) is 19.8 Å². The molecule has 2 aliphatic rings. The van der Waals surface area contributed by atoms with Gasteiger partial charge in [0, 0.05) is 51.8 Å². The van der Waals surface area contributed by atoms with Crippen LogP contribution in [0.4, 0.5) is 5.82 Å². The largest absolute Gasteiger partial charge is 0.467 e. The molecule has 10 nitrogen and oxygen atoms in total. The molecule has 1 atom stereocenters. The maximum Gasteiger partial charge on any atom is 0.318 e. The van der Waals surface area contributed by atoms with Gasteiger partial charge in [-0.25, -0.2) is 0 Å². The van der Waals surface area contributed by atoms with E-state index < -0.39 is 5.91 Å². The highest BCUT2D eigenvalue weighted by Crippen LogP contribution is 2.37. The monoisotopic (exact) mass is 530 g/mol. The van der Waals surface area contributed by atoms with Crippen molar-refractivity contribution in [2.75, 3.05) is 52.8 Å². The van der Waals surface area contributed by atoms with Crippen LogP contribution >= 0.6 is 0 Å². The summed E-state index contributed by atoms with van der Waals surface area (Å²) >= 11 is 0. The molecular formula is C29H38N8O2. The number of likely N-dealkylation sites (N-methyl/N-ethyl adjacent to an activating group) is 2. The summed E-state index contributed by atoms with van der Waals surface area (Å²) in [6, 6.07) is 11.3. The number of ether oxygens (including phenoxy) is 1. The van der Waals surface area contributed by atoms with E-state index >= 15 is 0 Å². The Balaban J connectivity index is 1.72. The van der Waals surface area contributed by atoms with Gasteiger partial charge in [0.25, 0.3) is 5.91 Å². The SMILES string of the molecule is CCCc1ccccc1C1Cc2nc(OC)nc(N3CCCN=C(/C(C#N)=C(\N)C(=O)N(C)C)C3)c2CN1C. The van der Waals surface area contributed by atoms with Crippen molar-refractivity contribution in [3.8, 4) is 12.1 Å². The van der Waals surface area contributed by atoms with Crippen LogP contribution in [0.15, 0.2) is 40.5 Å². The number of nitrogens with two attached hydrogens (primary N) is 1. The number of nitrogens with zero attached hydrogens (tertiary/aromatic N) is 7. The summed E-state index contributed by atoms with van der Waals surface area (Å²) in [6.07, 6.45) is 3.64. The lowest BCUT2D eigenvalue weighted by Gasteiger charge is -2.37. The molecular weight excluding hydrogens is 492 g/mol. The Kier molecular flexibility index (Phi) is 8.82. The van der Waals surface area contributed by atoms with Crippen LogP contribution in [-0.2, 0) is 24.2 Å². The standard InChI is InChI=1S/C29H38N8O2/c1-6-10-19-11-7-8-12-20(19)25-15-23-22(17-36(25)4)27(34-29(33-23)39-5)37-14-9-13-32-24(18-37)21(16-30)26(31)28(38)35(2)3/h7-8,11-12,25H,6,9-10,13-15,17-18,31H2,1-5H3/b26-21-. The van der Waals surface area contributed by atoms with E-state index in [1.807, 2.05) is 0 Å². The smallest absolute Gasteiger partial charge is 0.318 e. The first kappa shape index (κ1) is 28.0. The average Bonchev–Trinajstić information content (AvgIpc) is 3.19. The van der Waals surface area contributed by atoms with E-state index in [1.165, 1.54) is 16.0 Å². The van der Waals surface area contributed by atoms with Gasteiger partial charge < -0.3 is 20.3 Å². The number of aliphatic imine (C=N–C) groups is 1. The van der Waals surface area contributed by atoms with Crippen LogP contribution in [0.2, 0.25) is 0 Å². The van der Waals surface area contributed by atoms with Gasteiger partial charge in [0.1, 0.15) is 23.2 Å². The minimum Gasteiger partial charge on any atom is -0.467 e. The van der Waals surface area contributed by atoms with E-state index in [1.54, 1.807) is 21.2 Å². The molecule has 1 aromatic heterocycles. The summed E-state index contributed by atoms with van der Waals surface area (Å²) < 4.78 is 5.54. The molecule has 1 unspecified atom stereocenters. The Labute approximate surface area is 230 Å². The number of methoxy groups -OCH3 is 1. The van der Waals surface area contributed by atoms with Gasteiger partial charge in [-0.05, 0) is 31.0 Å². The third-order valence-electron chi connectivity index (χ3n) is 7.33. The first-order chi connectivity index (χ1) is 18.8. The quantitative estimate of drug-likeness (QED) is 0.428. The zero-order valence-corrected chi connectivity index (χ0v) is 23.6. The lowest BCUT2D eigenvalue weighted by molar-refractivity contribution is -0.124. The van der Waals surface area contributed by atoms with Crippen LogP contribution in [0.3, 0.4) is 0 Å². The van der Waals surface area contributed by atoms with Crippen LogP contribution in [0, 0.1) is 11.3 Å². The van der Waals surface area contributed by atoms with Crippen molar-refractivity contribution in [3.63, 3.8) is 0 Å². The molecule has 0 aliphatic carbocycles. The van der Waals surface area contributed by atoms with E-state index in [-0.39, 0.29) is 17.3 Å². The van der Waals surface area contributed by atoms with Crippen molar-refractivity contribution >= 4 is 17.4 Å². The van der Waals surface area contributed by atoms with Crippen molar-refractivity contribution in [2.45, 2.75) is 45.2 Å². The molecule has 3 heterocycles. The van der Waals surface area contributed by atoms with E-state index in [9.17, 15) is 10.1 Å². The number of nitriles is 1. The molecule has 1 aromatic carbocycles. The highest BCUT2D eigenvalue weighted by molar-refractivity contribution is 6.12. The zero-order valence-electron chi connectivity index (χ0n) is 23.6. The van der Waals surface area contributed by atoms with Crippen LogP contribution in [0.5, 0.6) is 6.01 Å². The lowest BCUT2D eigenvalue weighted by atomic mass is 9.89. The second-order valence-corrected chi connectivity index (χ2v) is 10.2. The van der Waals surface area contributed by atoms with Crippen molar-refractivity contribution in [2.24, 2.45) is 10.7 Å². The van der Waals surface area contributed by atoms with Crippen LogP contribution in [-0.4, -0.2) is 79.3 Å². The molecule has 0 saturated carbocycles. The number of hydrogen-bond donors (Lipinski definition) is 1. The van der Waals surface area contributed by atoms with Gasteiger partial charge in [-0.2, -0.15) is 15.2 Å². The number of rotatable bonds is 7. The number of hydrogen-bond acceptors (Lipinski definition) is 9. The fourth-order valence-electron chi connectivity index (χ4n) is 5.33. The second kappa shape index (κ2) is 12.3. The first-order valence-electron chi connectivity index (χ1n) is 13.4. The number of fused-ring (bicyclic) bond motifs is 1. The normalized spacial score (nSPS) is 18.3. The van der Waals surface area contributed by atoms with E-state index in [0.29, 0.717) is 37.9 Å². The number of anilines is 1. The van der Waals surface area contributed by atoms with Crippen molar-refractivity contribution in [3.05, 3.63) is 57.9 Å². The Hall–Kier alpha value is -3.97. The zero-order chi connectivity index (χ0) is 28.1. The van der Waals surface area contributed by atoms with Crippen molar-refractivity contribution < 1.29 is 9.53 Å². The Morgan fingerprint density at radius 1 is 1.26 bits per heavy atom. The molecule has 39 heavy (non-hydrogen) atoms. The van der Waals surface area contributed by atoms with E-state index in [0.717, 1.165) is 42.8 Å². The van der Waals surface area contributed by atoms with Gasteiger partial charge in [0.05, 0.1) is 25.1 Å². The third kappa shape index (κ3) is 5.88. The van der Waals surface area contributed by atoms with Gasteiger partial charge in [0.2, 0.25) is 0 Å². The first-order valence-corrected chi connectivity index (χ1v) is 13.4. The molecule has 2 N–H and O–H groups in total. The van der Waals surface area contributed by atoms with Crippen LogP contribution in [0.25, 0.3) is 0 Å². The third-order valence-corrected chi connectivity index (χ3v) is 7.33. The highest BCUT2D eigenvalue weighted by Gasteiger charge is 2.32. The van der Waals surface area contributed by atoms with Gasteiger partial charge in [-0.1, -0.05) is 37.6 Å². The predicted molar refractivity (Wildman–Crippen MR) is 152 cm³/mol. The molecule has 0 bridgehead atoms. The Morgan fingerprint density at radius 2 is 2.03 bits per heavy atom. The van der Waals surface area contributed by atoms with Crippen LogP contribution < -0.4 is 15.4 Å². The number of carbonyl (C=O) groups excluding carboxylic acids is 1. The molecule has 0 spiro atoms. The summed E-state index contributed by atoms with van der Waals surface area (Å²) in [5.74, 6) is 0.357. The second-order valence-electron chi connectivity index (χ2n) is 10.2. The summed E-state index contributed by atoms with van der Waals surface area (Å²) in [5, 5.41) is 9.92. The number of amides is 1. The molecule has 0 saturated heterocycles. The summed E-state index contributed by atoms with van der Waals surface area (Å²) in [4.78, 5) is 32.6. The number of carbonyl (C=O) groups is 1. The summed E-state index contributed by atoms with van der Waals surface area (Å²) in [6.45, 7) is 4.40. The molecule has 10 heteroatoms. The fraction of sp³-hybridized carbons (Fsp3) is 0.483. The maximum absolute atomic E-state index is 12.5. The molecule has 206 valence electrons. The maximum atomic E-state index is 12.5. The highest BCUT2D eigenvalue weighted by atomic mass is 16.5. The van der Waals surface area contributed by atoms with Crippen molar-refractivity contribution in [1.29, 1.82) is 5.26 Å². The van der Waals surface area contributed by atoms with E-state index in [2.05, 4.69) is 59.1 Å². The van der Waals surface area contributed by atoms with Gasteiger partial charge >= 0.3 is 6.01 Å². The van der Waals surface area contributed by atoms with E-state index in [4.69, 9.17) is 20.4 Å². The number of benzene rings is 1. The fourth-order valence-corrected chi connectivity index (χ4v) is 5.33. The van der Waals surface area contributed by atoms with Crippen LogP contribution in [0.1, 0.15) is 48.2 Å². The molecule has 0 radical (unpaired) electrons. The number of aryl methyl sites for hydroxylation is 1. The summed E-state index contributed by atoms with van der Waals surface area (Å²) in [7, 11) is 6.93. The lowest BCUT2D eigenvalue weighted by Crippen LogP contribution is -2.37. The summed E-state index contributed by atoms with van der Waals surface area (Å²) in [5.41, 5.74) is 11.4. The molecule has 4 rings (SSSR count). The topological polar surface area (TPSA) is 124 Å². The van der Waals surface area contributed by atoms with Gasteiger partial charge in [-0.15, -0.1) is 0 Å². The van der Waals surface area contributed by atoms with Gasteiger partial charge in [-0.3, -0.25) is 14.7 Å². The predicted octanol–water partition coefficient (Wildman–Crippen LogP) is 2.64. The minimum absolute atomic E-state index is 0.0984.